The first-order chi connectivity index (χ1) is 5.74. The van der Waals surface area contributed by atoms with Gasteiger partial charge in [-0.05, 0) is 6.07 Å². The van der Waals surface area contributed by atoms with Gasteiger partial charge in [-0.2, -0.15) is 0 Å². The molecule has 66 valence electrons. The molecule has 1 N–H and O–H groups in total. The van der Waals surface area contributed by atoms with Crippen LogP contribution in [0.2, 0.25) is 0 Å². The lowest BCUT2D eigenvalue weighted by Gasteiger charge is -2.04. The van der Waals surface area contributed by atoms with Crippen LogP contribution in [-0.2, 0) is 16.8 Å². The lowest BCUT2D eigenvalue weighted by molar-refractivity contribution is 0.411. The quantitative estimate of drug-likeness (QED) is 0.726. The summed E-state index contributed by atoms with van der Waals surface area (Å²) < 4.78 is 24.1. The van der Waals surface area contributed by atoms with Crippen molar-refractivity contribution in [2.45, 2.75) is 5.75 Å². The van der Waals surface area contributed by atoms with E-state index in [0.29, 0.717) is 5.75 Å². The predicted octanol–water partition coefficient (Wildman–Crippen LogP) is 1.42. The van der Waals surface area contributed by atoms with Crippen molar-refractivity contribution in [3.63, 3.8) is 0 Å². The molecule has 0 bridgehead atoms. The van der Waals surface area contributed by atoms with Crippen molar-refractivity contribution in [3.05, 3.63) is 29.8 Å². The summed E-state index contributed by atoms with van der Waals surface area (Å²) in [6.07, 6.45) is 0. The SMILES string of the molecule is COc1ccccc1CS(=O)O. The van der Waals surface area contributed by atoms with Gasteiger partial charge in [0.25, 0.3) is 0 Å². The fraction of sp³-hybridized carbons (Fsp3) is 0.250. The number of hydrogen-bond donors (Lipinski definition) is 1. The topological polar surface area (TPSA) is 46.5 Å². The monoisotopic (exact) mass is 186 g/mol. The number of methoxy groups -OCH3 is 1. The molecule has 0 saturated carbocycles. The Kier molecular flexibility index (Phi) is 3.25. The third-order valence-electron chi connectivity index (χ3n) is 1.47. The average molecular weight is 186 g/mol. The van der Waals surface area contributed by atoms with Crippen molar-refractivity contribution in [1.29, 1.82) is 0 Å². The summed E-state index contributed by atoms with van der Waals surface area (Å²) in [5, 5.41) is 0. The summed E-state index contributed by atoms with van der Waals surface area (Å²) in [6.45, 7) is 0. The molecule has 1 aromatic rings. The minimum absolute atomic E-state index is 0.115. The van der Waals surface area contributed by atoms with Crippen LogP contribution in [0.3, 0.4) is 0 Å². The second kappa shape index (κ2) is 4.23. The zero-order chi connectivity index (χ0) is 8.97. The Morgan fingerprint density at radius 1 is 1.50 bits per heavy atom. The van der Waals surface area contributed by atoms with Crippen LogP contribution in [0.4, 0.5) is 0 Å². The Bertz CT molecular complexity index is 285. The first-order valence-electron chi connectivity index (χ1n) is 3.43. The van der Waals surface area contributed by atoms with Gasteiger partial charge in [0.1, 0.15) is 5.75 Å². The molecule has 12 heavy (non-hydrogen) atoms. The third-order valence-corrected chi connectivity index (χ3v) is 2.03. The second-order valence-electron chi connectivity index (χ2n) is 2.28. The average Bonchev–Trinajstić information content (AvgIpc) is 2.04. The summed E-state index contributed by atoms with van der Waals surface area (Å²) in [6, 6.07) is 7.17. The van der Waals surface area contributed by atoms with Crippen molar-refractivity contribution >= 4 is 11.1 Å². The van der Waals surface area contributed by atoms with Gasteiger partial charge in [0, 0.05) is 5.56 Å². The van der Waals surface area contributed by atoms with Crippen LogP contribution in [0.1, 0.15) is 5.56 Å². The molecule has 0 aliphatic rings. The molecular weight excluding hydrogens is 176 g/mol. The van der Waals surface area contributed by atoms with Crippen molar-refractivity contribution in [3.8, 4) is 5.75 Å². The number of ether oxygens (including phenoxy) is 1. The van der Waals surface area contributed by atoms with Gasteiger partial charge in [-0.1, -0.05) is 18.2 Å². The lowest BCUT2D eigenvalue weighted by Crippen LogP contribution is -1.96. The molecule has 1 rings (SSSR count). The standard InChI is InChI=1S/C8H10O3S/c1-11-8-5-3-2-4-7(8)6-12(9)10/h2-5H,6H2,1H3,(H,9,10). The van der Waals surface area contributed by atoms with Gasteiger partial charge in [-0.25, -0.2) is 4.21 Å². The molecule has 4 heteroatoms. The maximum atomic E-state index is 10.5. The van der Waals surface area contributed by atoms with Crippen molar-refractivity contribution < 1.29 is 13.5 Å². The molecule has 0 spiro atoms. The predicted molar refractivity (Wildman–Crippen MR) is 47.5 cm³/mol. The van der Waals surface area contributed by atoms with Gasteiger partial charge in [0.05, 0.1) is 12.9 Å². The van der Waals surface area contributed by atoms with E-state index in [-0.39, 0.29) is 5.75 Å². The first-order valence-corrected chi connectivity index (χ1v) is 4.71. The van der Waals surface area contributed by atoms with E-state index in [1.54, 1.807) is 19.2 Å². The van der Waals surface area contributed by atoms with Crippen molar-refractivity contribution in [2.75, 3.05) is 7.11 Å². The van der Waals surface area contributed by atoms with E-state index in [2.05, 4.69) is 0 Å². The molecule has 0 amide bonds. The highest BCUT2D eigenvalue weighted by atomic mass is 32.2. The van der Waals surface area contributed by atoms with Gasteiger partial charge in [-0.3, -0.25) is 0 Å². The molecule has 0 heterocycles. The van der Waals surface area contributed by atoms with Crippen LogP contribution in [0.15, 0.2) is 24.3 Å². The number of rotatable bonds is 3. The summed E-state index contributed by atoms with van der Waals surface area (Å²) in [4.78, 5) is 0. The van der Waals surface area contributed by atoms with Crippen LogP contribution in [-0.4, -0.2) is 15.9 Å². The van der Waals surface area contributed by atoms with Crippen LogP contribution < -0.4 is 4.74 Å². The van der Waals surface area contributed by atoms with Crippen LogP contribution in [0, 0.1) is 0 Å². The van der Waals surface area contributed by atoms with E-state index in [0.717, 1.165) is 5.56 Å². The number of benzene rings is 1. The molecule has 1 aromatic carbocycles. The molecule has 0 fully saturated rings. The highest BCUT2D eigenvalue weighted by Gasteiger charge is 2.03. The normalized spacial score (nSPS) is 12.5. The highest BCUT2D eigenvalue weighted by molar-refractivity contribution is 7.78. The molecule has 0 aromatic heterocycles. The zero-order valence-corrected chi connectivity index (χ0v) is 7.50. The van der Waals surface area contributed by atoms with Crippen molar-refractivity contribution in [2.24, 2.45) is 0 Å². The Morgan fingerprint density at radius 3 is 2.75 bits per heavy atom. The summed E-state index contributed by atoms with van der Waals surface area (Å²) in [5.41, 5.74) is 0.751. The Morgan fingerprint density at radius 2 is 2.17 bits per heavy atom. The van der Waals surface area contributed by atoms with E-state index in [9.17, 15) is 4.21 Å². The summed E-state index contributed by atoms with van der Waals surface area (Å²) >= 11 is -1.81. The molecule has 0 saturated heterocycles. The second-order valence-corrected chi connectivity index (χ2v) is 3.21. The maximum absolute atomic E-state index is 10.5. The van der Waals surface area contributed by atoms with Gasteiger partial charge < -0.3 is 9.29 Å². The van der Waals surface area contributed by atoms with E-state index >= 15 is 0 Å². The van der Waals surface area contributed by atoms with E-state index in [4.69, 9.17) is 9.29 Å². The highest BCUT2D eigenvalue weighted by Crippen LogP contribution is 2.18. The van der Waals surface area contributed by atoms with Gasteiger partial charge >= 0.3 is 0 Å². The first kappa shape index (κ1) is 9.22. The van der Waals surface area contributed by atoms with Crippen LogP contribution in [0.25, 0.3) is 0 Å². The third kappa shape index (κ3) is 2.32. The molecule has 1 unspecified atom stereocenters. The summed E-state index contributed by atoms with van der Waals surface area (Å²) in [7, 11) is 1.54. The van der Waals surface area contributed by atoms with Crippen LogP contribution >= 0.6 is 0 Å². The molecule has 0 radical (unpaired) electrons. The van der Waals surface area contributed by atoms with Gasteiger partial charge in [-0.15, -0.1) is 0 Å². The van der Waals surface area contributed by atoms with E-state index < -0.39 is 11.1 Å². The van der Waals surface area contributed by atoms with E-state index in [1.165, 1.54) is 0 Å². The molecule has 3 nitrogen and oxygen atoms in total. The fourth-order valence-corrected chi connectivity index (χ4v) is 1.46. The number of para-hydroxylation sites is 1. The molecular formula is C8H10O3S. The fourth-order valence-electron chi connectivity index (χ4n) is 0.955. The Hall–Kier alpha value is -0.870. The number of hydrogen-bond acceptors (Lipinski definition) is 2. The van der Waals surface area contributed by atoms with Crippen molar-refractivity contribution in [1.82, 2.24) is 0 Å². The van der Waals surface area contributed by atoms with Gasteiger partial charge in [0.2, 0.25) is 0 Å². The minimum Gasteiger partial charge on any atom is -0.496 e. The molecule has 1 atom stereocenters. The smallest absolute Gasteiger partial charge is 0.157 e. The molecule has 0 aliphatic heterocycles. The zero-order valence-electron chi connectivity index (χ0n) is 6.69. The lowest BCUT2D eigenvalue weighted by atomic mass is 10.2. The molecule has 0 aliphatic carbocycles. The van der Waals surface area contributed by atoms with E-state index in [1.807, 2.05) is 12.1 Å². The Labute approximate surface area is 73.7 Å². The minimum atomic E-state index is -1.81. The Balaban J connectivity index is 2.89. The largest absolute Gasteiger partial charge is 0.496 e. The van der Waals surface area contributed by atoms with Crippen LogP contribution in [0.5, 0.6) is 5.75 Å². The maximum Gasteiger partial charge on any atom is 0.157 e. The summed E-state index contributed by atoms with van der Waals surface area (Å²) in [5.74, 6) is 0.768. The van der Waals surface area contributed by atoms with Gasteiger partial charge in [0.15, 0.2) is 11.1 Å².